The first-order valence-corrected chi connectivity index (χ1v) is 6.19. The van der Waals surface area contributed by atoms with Gasteiger partial charge in [0.05, 0.1) is 11.6 Å². The molecule has 0 bridgehead atoms. The summed E-state index contributed by atoms with van der Waals surface area (Å²) in [6.07, 6.45) is 0. The maximum absolute atomic E-state index is 9.31. The molecule has 2 aromatic rings. The van der Waals surface area contributed by atoms with Crippen LogP contribution in [0.2, 0.25) is 10.0 Å². The molecule has 0 amide bonds. The summed E-state index contributed by atoms with van der Waals surface area (Å²) in [6.45, 7) is 1.87. The zero-order valence-electron chi connectivity index (χ0n) is 9.78. The van der Waals surface area contributed by atoms with E-state index < -0.39 is 0 Å². The Morgan fingerprint density at radius 2 is 1.83 bits per heavy atom. The van der Waals surface area contributed by atoms with Crippen LogP contribution in [-0.2, 0) is 6.61 Å². The zero-order valence-corrected chi connectivity index (χ0v) is 11.3. The number of hydrogen-bond donors (Lipinski definition) is 1. The third-order valence-electron chi connectivity index (χ3n) is 2.50. The van der Waals surface area contributed by atoms with Gasteiger partial charge in [-0.25, -0.2) is 0 Å². The van der Waals surface area contributed by atoms with Gasteiger partial charge in [-0.05, 0) is 25.1 Å². The van der Waals surface area contributed by atoms with Crippen molar-refractivity contribution in [1.82, 2.24) is 0 Å². The van der Waals surface area contributed by atoms with Crippen molar-refractivity contribution in [2.75, 3.05) is 0 Å². The van der Waals surface area contributed by atoms with Gasteiger partial charge in [-0.1, -0.05) is 40.9 Å². The molecule has 2 nitrogen and oxygen atoms in total. The number of aliphatic hydroxyl groups is 1. The smallest absolute Gasteiger partial charge is 0.147 e. The maximum Gasteiger partial charge on any atom is 0.147 e. The van der Waals surface area contributed by atoms with E-state index in [9.17, 15) is 5.11 Å². The number of aliphatic hydroxyl groups excluding tert-OH is 1. The fraction of sp³-hybridized carbons (Fsp3) is 0.143. The van der Waals surface area contributed by atoms with Gasteiger partial charge in [0.1, 0.15) is 11.5 Å². The first-order chi connectivity index (χ1) is 8.60. The fourth-order valence-corrected chi connectivity index (χ4v) is 1.92. The van der Waals surface area contributed by atoms with Gasteiger partial charge in [-0.15, -0.1) is 0 Å². The molecule has 0 heterocycles. The van der Waals surface area contributed by atoms with Crippen LogP contribution in [0.25, 0.3) is 0 Å². The number of hydrogen-bond acceptors (Lipinski definition) is 2. The Kier molecular flexibility index (Phi) is 4.12. The van der Waals surface area contributed by atoms with Gasteiger partial charge in [-0.3, -0.25) is 0 Å². The first-order valence-electron chi connectivity index (χ1n) is 5.43. The lowest BCUT2D eigenvalue weighted by atomic mass is 10.1. The molecule has 18 heavy (non-hydrogen) atoms. The van der Waals surface area contributed by atoms with Gasteiger partial charge in [0.15, 0.2) is 0 Å². The SMILES string of the molecule is Cc1ccc(Oc2cc(Cl)ccc2Cl)c(CO)c1. The first kappa shape index (κ1) is 13.2. The van der Waals surface area contributed by atoms with Crippen molar-refractivity contribution in [3.05, 3.63) is 57.6 Å². The molecule has 0 saturated carbocycles. The van der Waals surface area contributed by atoms with Crippen LogP contribution >= 0.6 is 23.2 Å². The number of benzene rings is 2. The highest BCUT2D eigenvalue weighted by Gasteiger charge is 2.08. The van der Waals surface area contributed by atoms with Gasteiger partial charge in [0, 0.05) is 16.7 Å². The van der Waals surface area contributed by atoms with Gasteiger partial charge in [-0.2, -0.15) is 0 Å². The Bertz CT molecular complexity index is 568. The molecule has 4 heteroatoms. The molecule has 0 saturated heterocycles. The van der Waals surface area contributed by atoms with Gasteiger partial charge in [0.2, 0.25) is 0 Å². The highest BCUT2D eigenvalue weighted by molar-refractivity contribution is 6.34. The summed E-state index contributed by atoms with van der Waals surface area (Å²) < 4.78 is 5.69. The molecule has 94 valence electrons. The topological polar surface area (TPSA) is 29.5 Å². The Labute approximate surface area is 116 Å². The molecule has 2 rings (SSSR count). The van der Waals surface area contributed by atoms with E-state index in [-0.39, 0.29) is 6.61 Å². The number of rotatable bonds is 3. The Morgan fingerprint density at radius 1 is 1.06 bits per heavy atom. The molecule has 0 unspecified atom stereocenters. The minimum absolute atomic E-state index is 0.0881. The Morgan fingerprint density at radius 3 is 2.56 bits per heavy atom. The number of aryl methyl sites for hydroxylation is 1. The standard InChI is InChI=1S/C14H12Cl2O2/c1-9-2-5-13(10(6-9)8-17)18-14-7-11(15)3-4-12(14)16/h2-7,17H,8H2,1H3. The van der Waals surface area contributed by atoms with Gasteiger partial charge < -0.3 is 9.84 Å². The highest BCUT2D eigenvalue weighted by atomic mass is 35.5. The monoisotopic (exact) mass is 282 g/mol. The van der Waals surface area contributed by atoms with E-state index in [1.165, 1.54) is 0 Å². The number of ether oxygens (including phenoxy) is 1. The molecule has 2 aromatic carbocycles. The van der Waals surface area contributed by atoms with Crippen molar-refractivity contribution in [1.29, 1.82) is 0 Å². The summed E-state index contributed by atoms with van der Waals surface area (Å²) in [4.78, 5) is 0. The minimum atomic E-state index is -0.0881. The van der Waals surface area contributed by atoms with Gasteiger partial charge in [0.25, 0.3) is 0 Å². The van der Waals surface area contributed by atoms with Crippen molar-refractivity contribution in [3.63, 3.8) is 0 Å². The molecule has 1 N–H and O–H groups in total. The fourth-order valence-electron chi connectivity index (χ4n) is 1.61. The zero-order chi connectivity index (χ0) is 13.1. The summed E-state index contributed by atoms with van der Waals surface area (Å²) in [5.74, 6) is 1.05. The molecular weight excluding hydrogens is 271 g/mol. The molecular formula is C14H12Cl2O2. The van der Waals surface area contributed by atoms with E-state index in [0.29, 0.717) is 27.1 Å². The van der Waals surface area contributed by atoms with Crippen molar-refractivity contribution < 1.29 is 9.84 Å². The lowest BCUT2D eigenvalue weighted by Crippen LogP contribution is -1.93. The average Bonchev–Trinajstić information content (AvgIpc) is 2.36. The lowest BCUT2D eigenvalue weighted by molar-refractivity contribution is 0.276. The quantitative estimate of drug-likeness (QED) is 0.893. The number of halogens is 2. The molecule has 0 aliphatic rings. The molecule has 0 fully saturated rings. The second-order valence-corrected chi connectivity index (χ2v) is 4.79. The van der Waals surface area contributed by atoms with Crippen molar-refractivity contribution in [3.8, 4) is 11.5 Å². The largest absolute Gasteiger partial charge is 0.455 e. The highest BCUT2D eigenvalue weighted by Crippen LogP contribution is 2.33. The minimum Gasteiger partial charge on any atom is -0.455 e. The lowest BCUT2D eigenvalue weighted by Gasteiger charge is -2.12. The van der Waals surface area contributed by atoms with E-state index in [1.807, 2.05) is 19.1 Å². The molecule has 0 spiro atoms. The summed E-state index contributed by atoms with van der Waals surface area (Å²) in [5.41, 5.74) is 1.77. The van der Waals surface area contributed by atoms with Crippen LogP contribution in [0.4, 0.5) is 0 Å². The van der Waals surface area contributed by atoms with Crippen LogP contribution in [0, 0.1) is 6.92 Å². The van der Waals surface area contributed by atoms with Gasteiger partial charge >= 0.3 is 0 Å². The van der Waals surface area contributed by atoms with E-state index >= 15 is 0 Å². The van der Waals surface area contributed by atoms with Crippen molar-refractivity contribution in [2.45, 2.75) is 13.5 Å². The molecule has 0 atom stereocenters. The van der Waals surface area contributed by atoms with Crippen molar-refractivity contribution >= 4 is 23.2 Å². The predicted octanol–water partition coefficient (Wildman–Crippen LogP) is 4.59. The molecule has 0 aliphatic carbocycles. The van der Waals surface area contributed by atoms with E-state index in [1.54, 1.807) is 24.3 Å². The summed E-state index contributed by atoms with van der Waals surface area (Å²) in [5, 5.41) is 10.3. The Hall–Kier alpha value is -1.22. The predicted molar refractivity (Wildman–Crippen MR) is 73.6 cm³/mol. The van der Waals surface area contributed by atoms with Crippen LogP contribution in [0.15, 0.2) is 36.4 Å². The van der Waals surface area contributed by atoms with E-state index in [4.69, 9.17) is 27.9 Å². The molecule has 0 aliphatic heterocycles. The summed E-state index contributed by atoms with van der Waals surface area (Å²) >= 11 is 11.9. The van der Waals surface area contributed by atoms with Crippen LogP contribution in [0.1, 0.15) is 11.1 Å². The van der Waals surface area contributed by atoms with E-state index in [2.05, 4.69) is 0 Å². The second kappa shape index (κ2) is 5.61. The summed E-state index contributed by atoms with van der Waals surface area (Å²) in [7, 11) is 0. The maximum atomic E-state index is 9.31. The van der Waals surface area contributed by atoms with Crippen LogP contribution in [0.3, 0.4) is 0 Å². The average molecular weight is 283 g/mol. The van der Waals surface area contributed by atoms with E-state index in [0.717, 1.165) is 5.56 Å². The molecule has 0 radical (unpaired) electrons. The normalized spacial score (nSPS) is 10.4. The van der Waals surface area contributed by atoms with Crippen LogP contribution in [-0.4, -0.2) is 5.11 Å². The third kappa shape index (κ3) is 2.96. The molecule has 0 aromatic heterocycles. The van der Waals surface area contributed by atoms with Crippen LogP contribution in [0.5, 0.6) is 11.5 Å². The Balaban J connectivity index is 2.36. The van der Waals surface area contributed by atoms with Crippen LogP contribution < -0.4 is 4.74 Å². The second-order valence-electron chi connectivity index (χ2n) is 3.95. The van der Waals surface area contributed by atoms with Crippen molar-refractivity contribution in [2.24, 2.45) is 0 Å². The third-order valence-corrected chi connectivity index (χ3v) is 3.05. The summed E-state index contributed by atoms with van der Waals surface area (Å²) in [6, 6.07) is 10.6.